The molecule has 1 amide bonds. The fourth-order valence-corrected chi connectivity index (χ4v) is 4.56. The summed E-state index contributed by atoms with van der Waals surface area (Å²) in [4.78, 5) is 30.7. The minimum absolute atomic E-state index is 0.140. The van der Waals surface area contributed by atoms with Crippen molar-refractivity contribution in [1.29, 1.82) is 0 Å². The van der Waals surface area contributed by atoms with Gasteiger partial charge in [0.05, 0.1) is 38.1 Å². The Kier molecular flexibility index (Phi) is 7.93. The minimum Gasteiger partial charge on any atom is -0.493 e. The highest BCUT2D eigenvalue weighted by Gasteiger charge is 2.25. The number of methoxy groups -OCH3 is 3. The van der Waals surface area contributed by atoms with Crippen molar-refractivity contribution in [2.45, 2.75) is 51.2 Å². The zero-order valence-corrected chi connectivity index (χ0v) is 21.1. The minimum atomic E-state index is -0.920. The number of hydrogen-bond donors (Lipinski definition) is 1. The van der Waals surface area contributed by atoms with Gasteiger partial charge in [0.2, 0.25) is 5.75 Å². The molecular weight excluding hydrogens is 460 g/mol. The molecule has 36 heavy (non-hydrogen) atoms. The number of aromatic nitrogens is 1. The van der Waals surface area contributed by atoms with Crippen LogP contribution in [0.4, 0.5) is 0 Å². The van der Waals surface area contributed by atoms with Gasteiger partial charge in [0, 0.05) is 17.0 Å². The normalized spacial score (nSPS) is 14.7. The van der Waals surface area contributed by atoms with Gasteiger partial charge in [-0.05, 0) is 44.0 Å². The maximum absolute atomic E-state index is 13.3. The van der Waals surface area contributed by atoms with Crippen LogP contribution in [0.1, 0.15) is 49.4 Å². The van der Waals surface area contributed by atoms with Gasteiger partial charge < -0.3 is 24.3 Å². The van der Waals surface area contributed by atoms with E-state index in [1.807, 2.05) is 24.3 Å². The summed E-state index contributed by atoms with van der Waals surface area (Å²) in [5.74, 6) is 0.534. The number of hydrogen-bond acceptors (Lipinski definition) is 7. The number of rotatable bonds is 8. The number of carbonyl (C=O) groups excluding carboxylic acids is 2. The first-order valence-electron chi connectivity index (χ1n) is 12.2. The zero-order valence-electron chi connectivity index (χ0n) is 21.1. The topological polar surface area (TPSA) is 96.0 Å². The third kappa shape index (κ3) is 5.37. The lowest BCUT2D eigenvalue weighted by Crippen LogP contribution is -2.42. The number of ether oxygens (including phenoxy) is 4. The van der Waals surface area contributed by atoms with Crippen LogP contribution >= 0.6 is 0 Å². The van der Waals surface area contributed by atoms with Crippen LogP contribution in [0.3, 0.4) is 0 Å². The Bertz CT molecular complexity index is 1230. The van der Waals surface area contributed by atoms with Gasteiger partial charge in [0.1, 0.15) is 0 Å². The first kappa shape index (κ1) is 25.3. The summed E-state index contributed by atoms with van der Waals surface area (Å²) in [7, 11) is 4.61. The molecule has 0 aliphatic heterocycles. The third-order valence-corrected chi connectivity index (χ3v) is 6.50. The van der Waals surface area contributed by atoms with Crippen LogP contribution < -0.4 is 19.5 Å². The molecule has 190 valence electrons. The molecule has 1 unspecified atom stereocenters. The van der Waals surface area contributed by atoms with E-state index in [2.05, 4.69) is 5.32 Å². The summed E-state index contributed by atoms with van der Waals surface area (Å²) in [5, 5.41) is 3.66. The van der Waals surface area contributed by atoms with Gasteiger partial charge in [-0.1, -0.05) is 37.5 Å². The molecule has 8 heteroatoms. The Labute approximate surface area is 210 Å². The lowest BCUT2D eigenvalue weighted by Gasteiger charge is -2.24. The van der Waals surface area contributed by atoms with Crippen LogP contribution in [0.25, 0.3) is 22.2 Å². The molecule has 1 heterocycles. The van der Waals surface area contributed by atoms with E-state index in [9.17, 15) is 9.59 Å². The Balaban J connectivity index is 1.66. The average molecular weight is 493 g/mol. The molecule has 1 N–H and O–H groups in total. The molecule has 1 saturated carbocycles. The van der Waals surface area contributed by atoms with Crippen molar-refractivity contribution in [3.05, 3.63) is 48.0 Å². The molecule has 1 atom stereocenters. The number of pyridine rings is 1. The second-order valence-corrected chi connectivity index (χ2v) is 8.88. The van der Waals surface area contributed by atoms with E-state index in [4.69, 9.17) is 23.9 Å². The highest BCUT2D eigenvalue weighted by molar-refractivity contribution is 6.05. The molecule has 0 spiro atoms. The van der Waals surface area contributed by atoms with Crippen LogP contribution in [0.2, 0.25) is 0 Å². The first-order chi connectivity index (χ1) is 17.4. The fourth-order valence-electron chi connectivity index (χ4n) is 4.56. The van der Waals surface area contributed by atoms with Crippen LogP contribution in [0.5, 0.6) is 17.2 Å². The molecule has 8 nitrogen and oxygen atoms in total. The second kappa shape index (κ2) is 11.3. The van der Waals surface area contributed by atoms with Crippen LogP contribution in [-0.2, 0) is 9.53 Å². The number of fused-ring (bicyclic) bond motifs is 1. The van der Waals surface area contributed by atoms with E-state index in [0.717, 1.165) is 25.7 Å². The molecule has 3 aromatic rings. The second-order valence-electron chi connectivity index (χ2n) is 8.88. The lowest BCUT2D eigenvalue weighted by atomic mass is 9.95. The van der Waals surface area contributed by atoms with Crippen molar-refractivity contribution in [1.82, 2.24) is 10.3 Å². The SMILES string of the molecule is COc1cc(-c2cc(C(=O)OC(C)C(=O)NC3CCCCC3)c3ccccc3n2)cc(OC)c1OC. The predicted octanol–water partition coefficient (Wildman–Crippen LogP) is 4.92. The van der Waals surface area contributed by atoms with E-state index < -0.39 is 12.1 Å². The number of nitrogens with one attached hydrogen (secondary N) is 1. The lowest BCUT2D eigenvalue weighted by molar-refractivity contribution is -0.130. The smallest absolute Gasteiger partial charge is 0.339 e. The predicted molar refractivity (Wildman–Crippen MR) is 137 cm³/mol. The Morgan fingerprint density at radius 1 is 0.944 bits per heavy atom. The van der Waals surface area contributed by atoms with Crippen molar-refractivity contribution >= 4 is 22.8 Å². The molecule has 1 aromatic heterocycles. The van der Waals surface area contributed by atoms with Gasteiger partial charge in [-0.25, -0.2) is 9.78 Å². The molecular formula is C28H32N2O6. The summed E-state index contributed by atoms with van der Waals surface area (Å²) in [6.45, 7) is 1.60. The number of benzene rings is 2. The summed E-state index contributed by atoms with van der Waals surface area (Å²) >= 11 is 0. The van der Waals surface area contributed by atoms with Gasteiger partial charge in [-0.2, -0.15) is 0 Å². The van der Waals surface area contributed by atoms with E-state index >= 15 is 0 Å². The molecule has 2 aromatic carbocycles. The van der Waals surface area contributed by atoms with Gasteiger partial charge in [-0.15, -0.1) is 0 Å². The van der Waals surface area contributed by atoms with Crippen molar-refractivity contribution in [3.8, 4) is 28.5 Å². The van der Waals surface area contributed by atoms with Gasteiger partial charge in [-0.3, -0.25) is 4.79 Å². The van der Waals surface area contributed by atoms with E-state index in [-0.39, 0.29) is 11.9 Å². The van der Waals surface area contributed by atoms with Gasteiger partial charge >= 0.3 is 5.97 Å². The van der Waals surface area contributed by atoms with Crippen molar-refractivity contribution < 1.29 is 28.5 Å². The molecule has 0 bridgehead atoms. The van der Waals surface area contributed by atoms with Crippen molar-refractivity contribution in [2.75, 3.05) is 21.3 Å². The Morgan fingerprint density at radius 2 is 1.61 bits per heavy atom. The number of para-hydroxylation sites is 1. The highest BCUT2D eigenvalue weighted by Crippen LogP contribution is 2.41. The molecule has 4 rings (SSSR count). The maximum atomic E-state index is 13.3. The standard InChI is InChI=1S/C28H32N2O6/c1-17(27(31)29-19-10-6-5-7-11-19)36-28(32)21-16-23(30-22-13-9-8-12-20(21)22)18-14-24(33-2)26(35-4)25(15-18)34-3/h8-9,12-17,19H,5-7,10-11H2,1-4H3,(H,29,31). The van der Waals surface area contributed by atoms with Crippen molar-refractivity contribution in [2.24, 2.45) is 0 Å². The van der Waals surface area contributed by atoms with Crippen LogP contribution in [0, 0.1) is 0 Å². The maximum Gasteiger partial charge on any atom is 0.339 e. The number of nitrogens with zero attached hydrogens (tertiary/aromatic N) is 1. The quantitative estimate of drug-likeness (QED) is 0.446. The van der Waals surface area contributed by atoms with Crippen molar-refractivity contribution in [3.63, 3.8) is 0 Å². The van der Waals surface area contributed by atoms with Gasteiger partial charge in [0.15, 0.2) is 17.6 Å². The Hall–Kier alpha value is -3.81. The van der Waals surface area contributed by atoms with E-state index in [1.54, 1.807) is 25.1 Å². The molecule has 0 radical (unpaired) electrons. The summed E-state index contributed by atoms with van der Waals surface area (Å²) < 4.78 is 22.0. The van der Waals surface area contributed by atoms with Crippen LogP contribution in [-0.4, -0.2) is 50.3 Å². The molecule has 1 fully saturated rings. The average Bonchev–Trinajstić information content (AvgIpc) is 2.91. The number of esters is 1. The van der Waals surface area contributed by atoms with E-state index in [1.165, 1.54) is 27.8 Å². The van der Waals surface area contributed by atoms with Crippen LogP contribution in [0.15, 0.2) is 42.5 Å². The monoisotopic (exact) mass is 492 g/mol. The number of amides is 1. The largest absolute Gasteiger partial charge is 0.493 e. The van der Waals surface area contributed by atoms with Gasteiger partial charge in [0.25, 0.3) is 5.91 Å². The summed E-state index contributed by atoms with van der Waals surface area (Å²) in [5.41, 5.74) is 2.14. The zero-order chi connectivity index (χ0) is 25.7. The fraction of sp³-hybridized carbons (Fsp3) is 0.393. The molecule has 1 aliphatic rings. The highest BCUT2D eigenvalue weighted by atomic mass is 16.5. The summed E-state index contributed by atoms with van der Waals surface area (Å²) in [6.07, 6.45) is 4.40. The summed E-state index contributed by atoms with van der Waals surface area (Å²) in [6, 6.07) is 12.7. The first-order valence-corrected chi connectivity index (χ1v) is 12.2. The Morgan fingerprint density at radius 3 is 2.25 bits per heavy atom. The molecule has 0 saturated heterocycles. The molecule has 1 aliphatic carbocycles. The third-order valence-electron chi connectivity index (χ3n) is 6.50. The number of carbonyl (C=O) groups is 2. The van der Waals surface area contributed by atoms with E-state index in [0.29, 0.717) is 45.0 Å².